The molecule has 4 nitrogen and oxygen atoms in total. The highest BCUT2D eigenvalue weighted by molar-refractivity contribution is 14.1. The number of benzene rings is 3. The second-order valence-corrected chi connectivity index (χ2v) is 11.5. The maximum Gasteiger partial charge on any atom is 0.266 e. The molecule has 0 atom stereocenters. The van der Waals surface area contributed by atoms with Gasteiger partial charge >= 0.3 is 0 Å². The fraction of sp³-hybridized carbons (Fsp3) is 0.120. The van der Waals surface area contributed by atoms with Crippen LogP contribution in [0.5, 0.6) is 5.75 Å². The highest BCUT2D eigenvalue weighted by atomic mass is 127. The Morgan fingerprint density at radius 2 is 1.77 bits per heavy atom. The average Bonchev–Trinajstić information content (AvgIpc) is 3.09. The molecule has 0 N–H and O–H groups in total. The van der Waals surface area contributed by atoms with Gasteiger partial charge in [-0.1, -0.05) is 29.3 Å². The molecule has 1 fully saturated rings. The van der Waals surface area contributed by atoms with E-state index in [1.807, 2.05) is 31.2 Å². The van der Waals surface area contributed by atoms with Gasteiger partial charge in [-0.25, -0.2) is 9.38 Å². The molecule has 3 aromatic carbocycles. The minimum atomic E-state index is -0.329. The number of rotatable bonds is 6. The molecule has 0 bridgehead atoms. The molecule has 1 heterocycles. The number of hydrogen-bond acceptors (Lipinski definition) is 4. The van der Waals surface area contributed by atoms with E-state index in [4.69, 9.17) is 27.9 Å². The smallest absolute Gasteiger partial charge is 0.266 e. The monoisotopic (exact) mass is 752 g/mol. The molecule has 3 aromatic rings. The number of carbonyl (C=O) groups excluding carboxylic acids is 1. The summed E-state index contributed by atoms with van der Waals surface area (Å²) < 4.78 is 21.1. The molecule has 1 aliphatic rings. The first-order chi connectivity index (χ1) is 16.7. The Kier molecular flexibility index (Phi) is 9.01. The molecule has 0 aromatic heterocycles. The van der Waals surface area contributed by atoms with Crippen LogP contribution in [0.25, 0.3) is 6.08 Å². The number of aliphatic imine (C=N–C) groups is 1. The molecule has 0 radical (unpaired) electrons. The first-order valence-corrected chi connectivity index (χ1v) is 14.1. The van der Waals surface area contributed by atoms with E-state index in [1.165, 1.54) is 23.9 Å². The van der Waals surface area contributed by atoms with Gasteiger partial charge in [-0.2, -0.15) is 0 Å². The number of likely N-dealkylation sites (N-methyl/N-ethyl adjacent to an activating group) is 1. The number of nitrogens with zero attached hydrogens (tertiary/aromatic N) is 2. The van der Waals surface area contributed by atoms with Gasteiger partial charge in [0.05, 0.1) is 17.7 Å². The van der Waals surface area contributed by atoms with Crippen LogP contribution < -0.4 is 4.74 Å². The van der Waals surface area contributed by atoms with Crippen LogP contribution >= 0.6 is 80.1 Å². The zero-order chi connectivity index (χ0) is 25.1. The largest absolute Gasteiger partial charge is 0.487 e. The number of ether oxygens (including phenoxy) is 1. The molecule has 0 aliphatic carbocycles. The summed E-state index contributed by atoms with van der Waals surface area (Å²) in [6.45, 7) is 2.69. The summed E-state index contributed by atoms with van der Waals surface area (Å²) in [7, 11) is 0. The second kappa shape index (κ2) is 11.8. The quantitative estimate of drug-likeness (QED) is 0.187. The number of amides is 1. The van der Waals surface area contributed by atoms with Crippen molar-refractivity contribution in [1.29, 1.82) is 0 Å². The summed E-state index contributed by atoms with van der Waals surface area (Å²) in [6, 6.07) is 15.1. The van der Waals surface area contributed by atoms with E-state index in [-0.39, 0.29) is 11.7 Å². The maximum atomic E-state index is 13.2. The van der Waals surface area contributed by atoms with Gasteiger partial charge in [-0.3, -0.25) is 9.69 Å². The van der Waals surface area contributed by atoms with Crippen molar-refractivity contribution in [3.63, 3.8) is 0 Å². The van der Waals surface area contributed by atoms with Crippen molar-refractivity contribution in [3.8, 4) is 5.75 Å². The van der Waals surface area contributed by atoms with E-state index < -0.39 is 0 Å². The molecule has 10 heteroatoms. The van der Waals surface area contributed by atoms with E-state index in [1.54, 1.807) is 29.2 Å². The molecule has 0 unspecified atom stereocenters. The summed E-state index contributed by atoms with van der Waals surface area (Å²) in [5.41, 5.74) is 2.31. The average molecular weight is 753 g/mol. The van der Waals surface area contributed by atoms with Crippen molar-refractivity contribution >= 4 is 103 Å². The summed E-state index contributed by atoms with van der Waals surface area (Å²) in [5, 5.41) is 1.70. The van der Waals surface area contributed by atoms with Gasteiger partial charge in [0.25, 0.3) is 5.91 Å². The van der Waals surface area contributed by atoms with Crippen LogP contribution in [0, 0.1) is 13.0 Å². The third kappa shape index (κ3) is 6.51. The van der Waals surface area contributed by atoms with Crippen molar-refractivity contribution in [1.82, 2.24) is 4.90 Å². The van der Waals surface area contributed by atoms with E-state index in [0.717, 1.165) is 24.0 Å². The summed E-state index contributed by atoms with van der Waals surface area (Å²) in [5.74, 6) is 0.310. The van der Waals surface area contributed by atoms with Crippen LogP contribution in [0.1, 0.15) is 18.1 Å². The van der Waals surface area contributed by atoms with Gasteiger partial charge in [0, 0.05) is 22.2 Å². The Bertz CT molecular complexity index is 1330. The SMILES string of the molecule is CCN1C(=O)/C(=C\c2cc(I)c(OCc3ccc(Cl)cc3Cl)c(I)c2)SC1=Nc1ccc(F)cc1. The Hall–Kier alpha value is -1.34. The molecular weight excluding hydrogens is 736 g/mol. The van der Waals surface area contributed by atoms with E-state index in [2.05, 4.69) is 50.2 Å². The Balaban J connectivity index is 1.55. The number of carbonyl (C=O) groups is 1. The van der Waals surface area contributed by atoms with Crippen LogP contribution in [0.15, 0.2) is 64.5 Å². The van der Waals surface area contributed by atoms with Crippen molar-refractivity contribution in [2.24, 2.45) is 4.99 Å². The van der Waals surface area contributed by atoms with E-state index >= 15 is 0 Å². The van der Waals surface area contributed by atoms with Gasteiger partial charge in [-0.15, -0.1) is 0 Å². The number of thioether (sulfide) groups is 1. The van der Waals surface area contributed by atoms with E-state index in [0.29, 0.717) is 39.0 Å². The number of hydrogen-bond donors (Lipinski definition) is 0. The third-order valence-corrected chi connectivity index (χ3v) is 8.16. The minimum Gasteiger partial charge on any atom is -0.487 e. The fourth-order valence-electron chi connectivity index (χ4n) is 3.24. The predicted molar refractivity (Wildman–Crippen MR) is 159 cm³/mol. The second-order valence-electron chi connectivity index (χ2n) is 7.37. The normalized spacial score (nSPS) is 15.9. The minimum absolute atomic E-state index is 0.110. The zero-order valence-electron chi connectivity index (χ0n) is 18.2. The van der Waals surface area contributed by atoms with Gasteiger partial charge in [0.2, 0.25) is 0 Å². The van der Waals surface area contributed by atoms with Gasteiger partial charge in [0.15, 0.2) is 5.17 Å². The number of amidine groups is 1. The lowest BCUT2D eigenvalue weighted by atomic mass is 10.2. The molecule has 180 valence electrons. The first kappa shape index (κ1) is 26.7. The van der Waals surface area contributed by atoms with Gasteiger partial charge in [-0.05, 0) is 124 Å². The standard InChI is InChI=1S/C25H17Cl2FI2N2O2S/c1-2-32-24(33)22(35-25(32)31-18-7-5-17(28)6-8-18)11-14-9-20(29)23(21(30)10-14)34-13-15-3-4-16(26)12-19(15)27/h3-12H,2,13H2,1H3/b22-11+,31-25?. The van der Waals surface area contributed by atoms with Crippen LogP contribution in [-0.4, -0.2) is 22.5 Å². The molecular formula is C25H17Cl2FI2N2O2S. The van der Waals surface area contributed by atoms with Crippen molar-refractivity contribution in [3.05, 3.63) is 93.6 Å². The lowest BCUT2D eigenvalue weighted by Gasteiger charge is -2.13. The predicted octanol–water partition coefficient (Wildman–Crippen LogP) is 8.54. The van der Waals surface area contributed by atoms with Crippen LogP contribution in [0.4, 0.5) is 10.1 Å². The molecule has 1 aliphatic heterocycles. The molecule has 1 saturated heterocycles. The van der Waals surface area contributed by atoms with Crippen molar-refractivity contribution < 1.29 is 13.9 Å². The fourth-order valence-corrected chi connectivity index (χ4v) is 6.89. The summed E-state index contributed by atoms with van der Waals surface area (Å²) in [6.07, 6.45) is 1.85. The van der Waals surface area contributed by atoms with Gasteiger partial charge in [0.1, 0.15) is 18.2 Å². The van der Waals surface area contributed by atoms with Crippen LogP contribution in [0.2, 0.25) is 10.0 Å². The third-order valence-electron chi connectivity index (χ3n) is 4.96. The summed E-state index contributed by atoms with van der Waals surface area (Å²) in [4.78, 5) is 19.7. The molecule has 4 rings (SSSR count). The lowest BCUT2D eigenvalue weighted by molar-refractivity contribution is -0.122. The van der Waals surface area contributed by atoms with E-state index in [9.17, 15) is 9.18 Å². The zero-order valence-corrected chi connectivity index (χ0v) is 24.8. The molecule has 1 amide bonds. The summed E-state index contributed by atoms with van der Waals surface area (Å²) >= 11 is 18.0. The molecule has 0 saturated carbocycles. The topological polar surface area (TPSA) is 41.9 Å². The Morgan fingerprint density at radius 3 is 2.40 bits per heavy atom. The first-order valence-electron chi connectivity index (χ1n) is 10.4. The van der Waals surface area contributed by atoms with Crippen molar-refractivity contribution in [2.75, 3.05) is 6.54 Å². The number of halogens is 5. The van der Waals surface area contributed by atoms with Crippen molar-refractivity contribution in [2.45, 2.75) is 13.5 Å². The highest BCUT2D eigenvalue weighted by Crippen LogP contribution is 2.36. The lowest BCUT2D eigenvalue weighted by Crippen LogP contribution is -2.28. The maximum absolute atomic E-state index is 13.2. The Morgan fingerprint density at radius 1 is 1.09 bits per heavy atom. The van der Waals surface area contributed by atoms with Crippen LogP contribution in [0.3, 0.4) is 0 Å². The Labute approximate surface area is 244 Å². The molecule has 35 heavy (non-hydrogen) atoms. The molecule has 0 spiro atoms. The van der Waals surface area contributed by atoms with Gasteiger partial charge < -0.3 is 4.74 Å². The van der Waals surface area contributed by atoms with Crippen LogP contribution in [-0.2, 0) is 11.4 Å². The highest BCUT2D eigenvalue weighted by Gasteiger charge is 2.32.